The molecule has 120 valence electrons. The number of nitrogens with zero attached hydrogens (tertiary/aromatic N) is 1. The van der Waals surface area contributed by atoms with Gasteiger partial charge in [0.1, 0.15) is 0 Å². The van der Waals surface area contributed by atoms with Gasteiger partial charge < -0.3 is 10.1 Å². The Balaban J connectivity index is 2.45. The third-order valence-electron chi connectivity index (χ3n) is 3.51. The fourth-order valence-electron chi connectivity index (χ4n) is 2.42. The van der Waals surface area contributed by atoms with Crippen molar-refractivity contribution in [3.05, 3.63) is 0 Å². The quantitative estimate of drug-likeness (QED) is 0.653. The van der Waals surface area contributed by atoms with Gasteiger partial charge in [0.05, 0.1) is 6.10 Å². The second kappa shape index (κ2) is 8.94. The van der Waals surface area contributed by atoms with Crippen molar-refractivity contribution in [2.45, 2.75) is 39.7 Å². The van der Waals surface area contributed by atoms with Crippen LogP contribution in [-0.2, 0) is 14.9 Å². The second-order valence-corrected chi connectivity index (χ2v) is 7.05. The predicted molar refractivity (Wildman–Crippen MR) is 80.9 cm³/mol. The number of ether oxygens (including phenoxy) is 1. The van der Waals surface area contributed by atoms with Gasteiger partial charge >= 0.3 is 0 Å². The SMILES string of the molecule is CCNCC1CCCN(S(=O)(=O)NCC(C)OCC)C1. The van der Waals surface area contributed by atoms with Crippen molar-refractivity contribution in [1.82, 2.24) is 14.3 Å². The fourth-order valence-corrected chi connectivity index (χ4v) is 3.82. The number of rotatable bonds is 9. The van der Waals surface area contributed by atoms with Crippen LogP contribution < -0.4 is 10.0 Å². The summed E-state index contributed by atoms with van der Waals surface area (Å²) >= 11 is 0. The van der Waals surface area contributed by atoms with Crippen LogP contribution in [0.4, 0.5) is 0 Å². The average Bonchev–Trinajstić information content (AvgIpc) is 2.44. The molecule has 0 spiro atoms. The maximum absolute atomic E-state index is 12.3. The summed E-state index contributed by atoms with van der Waals surface area (Å²) in [4.78, 5) is 0. The van der Waals surface area contributed by atoms with Gasteiger partial charge in [0.25, 0.3) is 10.2 Å². The summed E-state index contributed by atoms with van der Waals surface area (Å²) in [6.45, 7) is 9.78. The van der Waals surface area contributed by atoms with Crippen LogP contribution in [0.3, 0.4) is 0 Å². The molecule has 0 amide bonds. The van der Waals surface area contributed by atoms with Crippen LogP contribution in [0.15, 0.2) is 0 Å². The summed E-state index contributed by atoms with van der Waals surface area (Å²) in [5, 5.41) is 3.30. The highest BCUT2D eigenvalue weighted by molar-refractivity contribution is 7.87. The first kappa shape index (κ1) is 17.8. The summed E-state index contributed by atoms with van der Waals surface area (Å²) < 4.78 is 34.1. The van der Waals surface area contributed by atoms with Crippen molar-refractivity contribution in [2.75, 3.05) is 39.3 Å². The molecule has 0 aromatic rings. The maximum Gasteiger partial charge on any atom is 0.279 e. The van der Waals surface area contributed by atoms with Gasteiger partial charge in [-0.1, -0.05) is 6.92 Å². The maximum atomic E-state index is 12.3. The van der Waals surface area contributed by atoms with Gasteiger partial charge in [0, 0.05) is 26.2 Å². The highest BCUT2D eigenvalue weighted by Gasteiger charge is 2.28. The van der Waals surface area contributed by atoms with Gasteiger partial charge in [-0.05, 0) is 45.7 Å². The number of piperidine rings is 1. The van der Waals surface area contributed by atoms with E-state index in [1.54, 1.807) is 4.31 Å². The molecule has 1 heterocycles. The molecule has 7 heteroatoms. The summed E-state index contributed by atoms with van der Waals surface area (Å²) in [6, 6.07) is 0. The van der Waals surface area contributed by atoms with E-state index < -0.39 is 10.2 Å². The van der Waals surface area contributed by atoms with Gasteiger partial charge in [-0.3, -0.25) is 0 Å². The van der Waals surface area contributed by atoms with Crippen LogP contribution in [0.25, 0.3) is 0 Å². The fraction of sp³-hybridized carbons (Fsp3) is 1.00. The van der Waals surface area contributed by atoms with E-state index in [2.05, 4.69) is 17.0 Å². The van der Waals surface area contributed by atoms with Crippen molar-refractivity contribution in [3.63, 3.8) is 0 Å². The second-order valence-electron chi connectivity index (χ2n) is 5.29. The molecule has 0 radical (unpaired) electrons. The van der Waals surface area contributed by atoms with Crippen molar-refractivity contribution < 1.29 is 13.2 Å². The zero-order valence-corrected chi connectivity index (χ0v) is 13.7. The van der Waals surface area contributed by atoms with Gasteiger partial charge in [0.2, 0.25) is 0 Å². The molecule has 0 bridgehead atoms. The first-order chi connectivity index (χ1) is 9.49. The van der Waals surface area contributed by atoms with E-state index in [1.807, 2.05) is 13.8 Å². The summed E-state index contributed by atoms with van der Waals surface area (Å²) in [5.74, 6) is 0.407. The summed E-state index contributed by atoms with van der Waals surface area (Å²) in [6.07, 6.45) is 1.92. The molecule has 0 aliphatic carbocycles. The van der Waals surface area contributed by atoms with Gasteiger partial charge in [-0.25, -0.2) is 0 Å². The highest BCUT2D eigenvalue weighted by Crippen LogP contribution is 2.17. The van der Waals surface area contributed by atoms with E-state index in [9.17, 15) is 8.42 Å². The predicted octanol–water partition coefficient (Wildman–Crippen LogP) is 0.567. The molecule has 2 atom stereocenters. The van der Waals surface area contributed by atoms with Crippen LogP contribution >= 0.6 is 0 Å². The zero-order chi connectivity index (χ0) is 15.0. The molecule has 1 rings (SSSR count). The van der Waals surface area contributed by atoms with Crippen molar-refractivity contribution in [3.8, 4) is 0 Å². The first-order valence-corrected chi connectivity index (χ1v) is 9.00. The van der Waals surface area contributed by atoms with Crippen molar-refractivity contribution >= 4 is 10.2 Å². The Labute approximate surface area is 123 Å². The highest BCUT2D eigenvalue weighted by atomic mass is 32.2. The largest absolute Gasteiger partial charge is 0.377 e. The van der Waals surface area contributed by atoms with E-state index in [1.165, 1.54) is 0 Å². The van der Waals surface area contributed by atoms with Crippen molar-refractivity contribution in [2.24, 2.45) is 5.92 Å². The lowest BCUT2D eigenvalue weighted by Crippen LogP contribution is -2.49. The molecular formula is C13H29N3O3S. The molecule has 0 aromatic heterocycles. The first-order valence-electron chi connectivity index (χ1n) is 7.56. The van der Waals surface area contributed by atoms with Crippen LogP contribution in [0.5, 0.6) is 0 Å². The molecule has 1 aliphatic heterocycles. The number of hydrogen-bond acceptors (Lipinski definition) is 4. The average molecular weight is 307 g/mol. The minimum atomic E-state index is -3.38. The minimum absolute atomic E-state index is 0.0999. The van der Waals surface area contributed by atoms with E-state index in [0.29, 0.717) is 32.2 Å². The lowest BCUT2D eigenvalue weighted by Gasteiger charge is -2.32. The van der Waals surface area contributed by atoms with E-state index in [4.69, 9.17) is 4.74 Å². The molecule has 0 saturated carbocycles. The molecule has 2 N–H and O–H groups in total. The minimum Gasteiger partial charge on any atom is -0.377 e. The third-order valence-corrected chi connectivity index (χ3v) is 5.05. The molecule has 1 saturated heterocycles. The molecule has 1 fully saturated rings. The summed E-state index contributed by atoms with van der Waals surface area (Å²) in [7, 11) is -3.38. The number of nitrogens with one attached hydrogen (secondary N) is 2. The van der Waals surface area contributed by atoms with Crippen LogP contribution in [0.2, 0.25) is 0 Å². The van der Waals surface area contributed by atoms with E-state index in [0.717, 1.165) is 25.9 Å². The normalized spacial score (nSPS) is 22.9. The topological polar surface area (TPSA) is 70.7 Å². The zero-order valence-electron chi connectivity index (χ0n) is 12.9. The Hall–Kier alpha value is -0.210. The van der Waals surface area contributed by atoms with Gasteiger partial charge in [0.15, 0.2) is 0 Å². The van der Waals surface area contributed by atoms with Gasteiger partial charge in [-0.15, -0.1) is 0 Å². The van der Waals surface area contributed by atoms with Gasteiger partial charge in [-0.2, -0.15) is 17.4 Å². The Bertz CT molecular complexity index is 362. The molecule has 1 aliphatic rings. The Morgan fingerprint density at radius 1 is 1.40 bits per heavy atom. The Morgan fingerprint density at radius 3 is 2.80 bits per heavy atom. The van der Waals surface area contributed by atoms with Crippen LogP contribution in [0, 0.1) is 5.92 Å². The van der Waals surface area contributed by atoms with Crippen LogP contribution in [0.1, 0.15) is 33.6 Å². The monoisotopic (exact) mass is 307 g/mol. The lowest BCUT2D eigenvalue weighted by atomic mass is 10.00. The molecule has 0 aromatic carbocycles. The molecular weight excluding hydrogens is 278 g/mol. The lowest BCUT2D eigenvalue weighted by molar-refractivity contribution is 0.0795. The molecule has 2 unspecified atom stereocenters. The molecule has 6 nitrogen and oxygen atoms in total. The standard InChI is InChI=1S/C13H29N3O3S/c1-4-14-10-13-7-6-8-16(11-13)20(17,18)15-9-12(3)19-5-2/h12-15H,4-11H2,1-3H3. The van der Waals surface area contributed by atoms with Crippen LogP contribution in [-0.4, -0.2) is 58.2 Å². The Morgan fingerprint density at radius 2 is 2.15 bits per heavy atom. The summed E-state index contributed by atoms with van der Waals surface area (Å²) in [5.41, 5.74) is 0. The smallest absolute Gasteiger partial charge is 0.279 e. The molecule has 20 heavy (non-hydrogen) atoms. The number of hydrogen-bond donors (Lipinski definition) is 2. The van der Waals surface area contributed by atoms with Crippen molar-refractivity contribution in [1.29, 1.82) is 0 Å². The van der Waals surface area contributed by atoms with E-state index in [-0.39, 0.29) is 6.10 Å². The Kier molecular flexibility index (Phi) is 7.98. The third kappa shape index (κ3) is 6.05. The van der Waals surface area contributed by atoms with E-state index >= 15 is 0 Å².